The van der Waals surface area contributed by atoms with Crippen LogP contribution < -0.4 is 0 Å². The van der Waals surface area contributed by atoms with Gasteiger partial charge in [0.15, 0.2) is 0 Å². The van der Waals surface area contributed by atoms with Crippen LogP contribution in [0.1, 0.15) is 11.3 Å². The normalized spacial score (nSPS) is 12.3. The number of aromatic nitrogens is 4. The number of para-hydroxylation sites is 2. The zero-order valence-electron chi connectivity index (χ0n) is 21.7. The number of benzene rings is 4. The Morgan fingerprint density at radius 3 is 2.15 bits per heavy atom. The van der Waals surface area contributed by atoms with E-state index in [4.69, 9.17) is 0 Å². The van der Waals surface area contributed by atoms with E-state index in [1.165, 1.54) is 37.6 Å². The molecule has 190 valence electrons. The molecule has 1 aliphatic carbocycles. The van der Waals surface area contributed by atoms with Gasteiger partial charge in [0, 0.05) is 45.4 Å². The third-order valence-corrected chi connectivity index (χ3v) is 9.05. The molecule has 0 bridgehead atoms. The summed E-state index contributed by atoms with van der Waals surface area (Å²) in [5, 5.41) is 3.62. The van der Waals surface area contributed by atoms with Crippen molar-refractivity contribution in [2.45, 2.75) is 0 Å². The van der Waals surface area contributed by atoms with Crippen molar-refractivity contribution in [2.24, 2.45) is 0 Å². The summed E-state index contributed by atoms with van der Waals surface area (Å²) in [7, 11) is 0. The van der Waals surface area contributed by atoms with Gasteiger partial charge in [0.1, 0.15) is 11.2 Å². The summed E-state index contributed by atoms with van der Waals surface area (Å²) in [4.78, 5) is 10.1. The SMILES string of the molecule is C1=C=Cc2c(c3ccccc3n2-c2cccc(-c3cccc(-n4c5ccccc5c5c6ncncc6sc54)c3)c2)C=1. The predicted molar refractivity (Wildman–Crippen MR) is 170 cm³/mol. The molecule has 4 nitrogen and oxygen atoms in total. The highest BCUT2D eigenvalue weighted by Crippen LogP contribution is 2.41. The molecule has 0 spiro atoms. The molecule has 0 saturated carbocycles. The Morgan fingerprint density at radius 1 is 0.659 bits per heavy atom. The molecule has 0 saturated heterocycles. The summed E-state index contributed by atoms with van der Waals surface area (Å²) in [5.41, 5.74) is 16.6. The van der Waals surface area contributed by atoms with Gasteiger partial charge in [-0.25, -0.2) is 9.97 Å². The first-order valence-corrected chi connectivity index (χ1v) is 14.3. The minimum absolute atomic E-state index is 1.01. The first kappa shape index (κ1) is 22.4. The van der Waals surface area contributed by atoms with Crippen molar-refractivity contribution in [3.8, 4) is 22.5 Å². The molecule has 0 amide bonds. The molecule has 5 heteroatoms. The number of nitrogens with zero attached hydrogens (tertiary/aromatic N) is 4. The first-order valence-electron chi connectivity index (χ1n) is 13.5. The molecule has 0 aliphatic heterocycles. The fourth-order valence-electron chi connectivity index (χ4n) is 6.21. The summed E-state index contributed by atoms with van der Waals surface area (Å²) in [6.45, 7) is 0. The molecule has 8 aromatic rings. The lowest BCUT2D eigenvalue weighted by atomic mass is 10.0. The minimum atomic E-state index is 1.01. The first-order chi connectivity index (χ1) is 20.3. The molecule has 1 aliphatic rings. The predicted octanol–water partition coefficient (Wildman–Crippen LogP) is 9.19. The van der Waals surface area contributed by atoms with E-state index in [0.717, 1.165) is 38.4 Å². The van der Waals surface area contributed by atoms with Gasteiger partial charge in [-0.2, -0.15) is 0 Å². The Labute approximate surface area is 239 Å². The molecule has 0 fully saturated rings. The molecule has 0 unspecified atom stereocenters. The average Bonchev–Trinajstić information content (AvgIpc) is 3.68. The fourth-order valence-corrected chi connectivity index (χ4v) is 7.39. The van der Waals surface area contributed by atoms with Crippen molar-refractivity contribution >= 4 is 65.7 Å². The maximum Gasteiger partial charge on any atom is 0.116 e. The van der Waals surface area contributed by atoms with Gasteiger partial charge in [0.2, 0.25) is 0 Å². The fraction of sp³-hybridized carbons (Fsp3) is 0. The van der Waals surface area contributed by atoms with Crippen molar-refractivity contribution in [3.05, 3.63) is 132 Å². The van der Waals surface area contributed by atoms with Crippen molar-refractivity contribution in [3.63, 3.8) is 0 Å². The number of rotatable bonds is 3. The molecule has 9 rings (SSSR count). The molecule has 4 aromatic carbocycles. The molecule has 0 atom stereocenters. The average molecular weight is 541 g/mol. The smallest absolute Gasteiger partial charge is 0.116 e. The summed E-state index contributed by atoms with van der Waals surface area (Å²) in [5.74, 6) is 0. The summed E-state index contributed by atoms with van der Waals surface area (Å²) in [6, 6.07) is 34.7. The molecular formula is C36H20N4S. The Bertz CT molecular complexity index is 2460. The van der Waals surface area contributed by atoms with E-state index in [-0.39, 0.29) is 0 Å². The Hall–Kier alpha value is -5.44. The number of hydrogen-bond acceptors (Lipinski definition) is 3. The van der Waals surface area contributed by atoms with E-state index < -0.39 is 0 Å². The Kier molecular flexibility index (Phi) is 4.66. The van der Waals surface area contributed by atoms with Crippen molar-refractivity contribution in [1.29, 1.82) is 0 Å². The van der Waals surface area contributed by atoms with Crippen LogP contribution in [0.15, 0.2) is 121 Å². The number of hydrogen-bond donors (Lipinski definition) is 0. The highest BCUT2D eigenvalue weighted by atomic mass is 32.1. The lowest BCUT2D eigenvalue weighted by Crippen LogP contribution is -1.98. The van der Waals surface area contributed by atoms with E-state index in [1.54, 1.807) is 17.7 Å². The number of thiophene rings is 1. The van der Waals surface area contributed by atoms with Gasteiger partial charge in [-0.3, -0.25) is 0 Å². The Morgan fingerprint density at radius 2 is 1.34 bits per heavy atom. The third kappa shape index (κ3) is 3.23. The van der Waals surface area contributed by atoms with E-state index >= 15 is 0 Å². The minimum Gasteiger partial charge on any atom is -0.309 e. The number of fused-ring (bicyclic) bond motifs is 8. The van der Waals surface area contributed by atoms with Crippen molar-refractivity contribution < 1.29 is 0 Å². The van der Waals surface area contributed by atoms with Gasteiger partial charge in [0.05, 0.1) is 26.9 Å². The molecule has 41 heavy (non-hydrogen) atoms. The molecule has 0 radical (unpaired) electrons. The standard InChI is InChI=1S/C36H20N4S/c1-4-16-30-27(13-1)28-14-2-5-17-31(28)39(30)25-11-7-9-23(19-25)24-10-8-12-26(20-24)40-32-18-6-3-15-29(32)34-35-33(41-36(34)40)21-37-22-38-35/h1,3-4,6-22H. The molecule has 4 heterocycles. The summed E-state index contributed by atoms with van der Waals surface area (Å²) < 4.78 is 5.79. The second-order valence-electron chi connectivity index (χ2n) is 10.2. The zero-order chi connectivity index (χ0) is 26.9. The summed E-state index contributed by atoms with van der Waals surface area (Å²) in [6.07, 6.45) is 7.61. The van der Waals surface area contributed by atoms with Gasteiger partial charge in [-0.05, 0) is 53.6 Å². The van der Waals surface area contributed by atoms with Gasteiger partial charge < -0.3 is 9.13 Å². The monoisotopic (exact) mass is 540 g/mol. The topological polar surface area (TPSA) is 35.6 Å². The second kappa shape index (κ2) is 8.53. The summed E-state index contributed by atoms with van der Waals surface area (Å²) >= 11 is 1.74. The van der Waals surface area contributed by atoms with E-state index in [0.29, 0.717) is 0 Å². The van der Waals surface area contributed by atoms with Crippen LogP contribution in [0.25, 0.3) is 76.9 Å². The highest BCUT2D eigenvalue weighted by Gasteiger charge is 2.19. The highest BCUT2D eigenvalue weighted by molar-refractivity contribution is 7.25. The lowest BCUT2D eigenvalue weighted by Gasteiger charge is -2.13. The van der Waals surface area contributed by atoms with Gasteiger partial charge in [0.25, 0.3) is 0 Å². The van der Waals surface area contributed by atoms with Gasteiger partial charge in [-0.1, -0.05) is 72.1 Å². The molecular weight excluding hydrogens is 520 g/mol. The van der Waals surface area contributed by atoms with Crippen LogP contribution >= 0.6 is 11.3 Å². The van der Waals surface area contributed by atoms with E-state index in [9.17, 15) is 0 Å². The van der Waals surface area contributed by atoms with E-state index in [2.05, 4.69) is 128 Å². The van der Waals surface area contributed by atoms with Crippen LogP contribution in [0, 0.1) is 0 Å². The van der Waals surface area contributed by atoms with Crippen molar-refractivity contribution in [1.82, 2.24) is 19.1 Å². The van der Waals surface area contributed by atoms with Crippen molar-refractivity contribution in [2.75, 3.05) is 0 Å². The van der Waals surface area contributed by atoms with E-state index in [1.807, 2.05) is 18.3 Å². The largest absolute Gasteiger partial charge is 0.309 e. The van der Waals surface area contributed by atoms with Gasteiger partial charge in [-0.15, -0.1) is 11.3 Å². The third-order valence-electron chi connectivity index (χ3n) is 7.96. The van der Waals surface area contributed by atoms with Crippen LogP contribution in [-0.4, -0.2) is 19.1 Å². The lowest BCUT2D eigenvalue weighted by molar-refractivity contribution is 1.11. The second-order valence-corrected chi connectivity index (χ2v) is 11.2. The quantitative estimate of drug-likeness (QED) is 0.209. The van der Waals surface area contributed by atoms with Crippen LogP contribution in [-0.2, 0) is 0 Å². The van der Waals surface area contributed by atoms with Crippen LogP contribution in [0.4, 0.5) is 0 Å². The zero-order valence-corrected chi connectivity index (χ0v) is 22.6. The van der Waals surface area contributed by atoms with Crippen LogP contribution in [0.5, 0.6) is 0 Å². The Balaban J connectivity index is 1.24. The molecule has 0 N–H and O–H groups in total. The maximum atomic E-state index is 4.65. The van der Waals surface area contributed by atoms with Crippen LogP contribution in [0.3, 0.4) is 0 Å². The molecule has 4 aromatic heterocycles. The van der Waals surface area contributed by atoms with Gasteiger partial charge >= 0.3 is 0 Å². The van der Waals surface area contributed by atoms with Crippen LogP contribution in [0.2, 0.25) is 0 Å². The maximum absolute atomic E-state index is 4.65.